The van der Waals surface area contributed by atoms with Gasteiger partial charge in [-0.3, -0.25) is 29.2 Å². The van der Waals surface area contributed by atoms with Crippen LogP contribution in [-0.2, 0) is 27.1 Å². The maximum absolute atomic E-state index is 12.8. The van der Waals surface area contributed by atoms with Crippen LogP contribution in [0.4, 0.5) is 18.9 Å². The van der Waals surface area contributed by atoms with E-state index in [0.29, 0.717) is 18.5 Å². The largest absolute Gasteiger partial charge is 0.480 e. The van der Waals surface area contributed by atoms with Crippen LogP contribution in [0.3, 0.4) is 0 Å². The van der Waals surface area contributed by atoms with E-state index in [2.05, 4.69) is 10.3 Å². The molecule has 1 aliphatic carbocycles. The molecule has 0 saturated heterocycles. The maximum atomic E-state index is 12.8. The second kappa shape index (κ2) is 12.6. The van der Waals surface area contributed by atoms with Crippen LogP contribution in [0.2, 0.25) is 0 Å². The molecule has 3 rings (SSSR count). The third kappa shape index (κ3) is 8.53. The number of carboxylic acids is 2. The summed E-state index contributed by atoms with van der Waals surface area (Å²) in [6.45, 7) is -0.811. The van der Waals surface area contributed by atoms with Crippen molar-refractivity contribution in [2.75, 3.05) is 25.0 Å². The number of hydrogen-bond donors (Lipinski definition) is 3. The van der Waals surface area contributed by atoms with Crippen LogP contribution in [0.5, 0.6) is 0 Å². The van der Waals surface area contributed by atoms with Gasteiger partial charge in [-0.25, -0.2) is 0 Å². The van der Waals surface area contributed by atoms with E-state index in [4.69, 9.17) is 0 Å². The van der Waals surface area contributed by atoms with Crippen molar-refractivity contribution in [3.8, 4) is 0 Å². The van der Waals surface area contributed by atoms with Gasteiger partial charge in [0.05, 0.1) is 30.9 Å². The number of nitrogens with zero attached hydrogens (tertiary/aromatic N) is 3. The number of pyridine rings is 1. The molecule has 2 atom stereocenters. The number of benzene rings is 1. The van der Waals surface area contributed by atoms with Crippen molar-refractivity contribution in [3.63, 3.8) is 0 Å². The summed E-state index contributed by atoms with van der Waals surface area (Å²) < 4.78 is 38.4. The molecule has 1 heterocycles. The zero-order valence-electron chi connectivity index (χ0n) is 20.0. The molecule has 0 bridgehead atoms. The third-order valence-electron chi connectivity index (χ3n) is 6.24. The molecule has 0 radical (unpaired) electrons. The molecule has 0 spiro atoms. The average Bonchev–Trinajstić information content (AvgIpc) is 2.83. The number of rotatable bonds is 11. The molecule has 200 valence electrons. The Bertz CT molecular complexity index is 1070. The molecule has 0 aliphatic heterocycles. The Labute approximate surface area is 211 Å². The highest BCUT2D eigenvalue weighted by Gasteiger charge is 2.37. The van der Waals surface area contributed by atoms with Gasteiger partial charge in [0.15, 0.2) is 0 Å². The van der Waals surface area contributed by atoms with E-state index < -0.39 is 42.2 Å². The second-order valence-corrected chi connectivity index (χ2v) is 8.96. The lowest BCUT2D eigenvalue weighted by molar-refractivity contribution is -0.143. The summed E-state index contributed by atoms with van der Waals surface area (Å²) >= 11 is 0. The maximum Gasteiger partial charge on any atom is 0.416 e. The molecule has 2 aromatic rings. The van der Waals surface area contributed by atoms with Gasteiger partial charge in [0.1, 0.15) is 0 Å². The summed E-state index contributed by atoms with van der Waals surface area (Å²) in [5, 5.41) is 21.6. The number of hydrogen-bond acceptors (Lipinski definition) is 6. The van der Waals surface area contributed by atoms with E-state index in [-0.39, 0.29) is 31.4 Å². The number of nitrogens with one attached hydrogen (secondary N) is 1. The number of halogens is 3. The lowest BCUT2D eigenvalue weighted by Crippen LogP contribution is -2.56. The van der Waals surface area contributed by atoms with Crippen molar-refractivity contribution in [3.05, 3.63) is 59.9 Å². The second-order valence-electron chi connectivity index (χ2n) is 8.96. The van der Waals surface area contributed by atoms with E-state index >= 15 is 0 Å². The predicted molar refractivity (Wildman–Crippen MR) is 128 cm³/mol. The summed E-state index contributed by atoms with van der Waals surface area (Å²) in [5.41, 5.74) is -0.0384. The number of carboxylic acid groups (broad SMARTS) is 2. The zero-order valence-corrected chi connectivity index (χ0v) is 20.0. The number of anilines is 1. The molecule has 37 heavy (non-hydrogen) atoms. The van der Waals surface area contributed by atoms with Gasteiger partial charge in [-0.2, -0.15) is 13.2 Å². The van der Waals surface area contributed by atoms with Crippen LogP contribution in [0, 0.1) is 0 Å². The van der Waals surface area contributed by atoms with Crippen LogP contribution in [0.1, 0.15) is 36.9 Å². The Morgan fingerprint density at radius 3 is 2.03 bits per heavy atom. The van der Waals surface area contributed by atoms with Crippen molar-refractivity contribution in [2.24, 2.45) is 0 Å². The molecule has 1 fully saturated rings. The highest BCUT2D eigenvalue weighted by Crippen LogP contribution is 2.30. The zero-order chi connectivity index (χ0) is 27.0. The number of carbonyl (C=O) groups excluding carboxylic acids is 1. The number of amides is 1. The first-order chi connectivity index (χ1) is 17.5. The van der Waals surface area contributed by atoms with Gasteiger partial charge in [-0.05, 0) is 49.2 Å². The first kappa shape index (κ1) is 28.1. The van der Waals surface area contributed by atoms with E-state index in [1.54, 1.807) is 29.3 Å². The summed E-state index contributed by atoms with van der Waals surface area (Å²) in [6.07, 6.45) is -0.130. The van der Waals surface area contributed by atoms with Crippen molar-refractivity contribution in [1.29, 1.82) is 0 Å². The molecule has 1 aliphatic rings. The lowest BCUT2D eigenvalue weighted by Gasteiger charge is -2.44. The molecule has 1 aromatic heterocycles. The molecule has 1 aromatic carbocycles. The Morgan fingerprint density at radius 1 is 0.892 bits per heavy atom. The summed E-state index contributed by atoms with van der Waals surface area (Å²) in [6, 6.07) is 8.52. The minimum Gasteiger partial charge on any atom is -0.480 e. The molecule has 9 nitrogen and oxygen atoms in total. The topological polar surface area (TPSA) is 123 Å². The fraction of sp³-hybridized carbons (Fsp3) is 0.440. The Hall–Kier alpha value is -3.51. The SMILES string of the molecule is O=C(O)CN(CC(=O)Nc1ccc(C(F)(F)F)cc1)C1CCCCC1N(CC(=O)O)Cc1ccccn1. The van der Waals surface area contributed by atoms with E-state index in [1.165, 1.54) is 4.90 Å². The third-order valence-corrected chi connectivity index (χ3v) is 6.24. The number of carbonyl (C=O) groups is 3. The minimum absolute atomic E-state index is 0.149. The number of aliphatic carboxylic acids is 2. The highest BCUT2D eigenvalue weighted by molar-refractivity contribution is 5.92. The van der Waals surface area contributed by atoms with E-state index in [1.807, 2.05) is 0 Å². The highest BCUT2D eigenvalue weighted by atomic mass is 19.4. The fourth-order valence-corrected chi connectivity index (χ4v) is 4.70. The van der Waals surface area contributed by atoms with Crippen LogP contribution in [0.15, 0.2) is 48.7 Å². The van der Waals surface area contributed by atoms with Gasteiger partial charge in [0.25, 0.3) is 0 Å². The molecule has 12 heteroatoms. The molecule has 1 saturated carbocycles. The molecule has 2 unspecified atom stereocenters. The summed E-state index contributed by atoms with van der Waals surface area (Å²) in [7, 11) is 0. The molecule has 1 amide bonds. The Morgan fingerprint density at radius 2 is 1.49 bits per heavy atom. The first-order valence-electron chi connectivity index (χ1n) is 11.8. The number of alkyl halides is 3. The fourth-order valence-electron chi connectivity index (χ4n) is 4.70. The van der Waals surface area contributed by atoms with E-state index in [0.717, 1.165) is 37.1 Å². The minimum atomic E-state index is -4.51. The first-order valence-corrected chi connectivity index (χ1v) is 11.8. The van der Waals surface area contributed by atoms with Crippen LogP contribution in [0.25, 0.3) is 0 Å². The van der Waals surface area contributed by atoms with Gasteiger partial charge in [0.2, 0.25) is 5.91 Å². The van der Waals surface area contributed by atoms with Crippen LogP contribution < -0.4 is 5.32 Å². The van der Waals surface area contributed by atoms with Crippen molar-refractivity contribution in [2.45, 2.75) is 50.5 Å². The normalized spacial score (nSPS) is 18.1. The average molecular weight is 523 g/mol. The van der Waals surface area contributed by atoms with Crippen molar-refractivity contribution >= 4 is 23.5 Å². The summed E-state index contributed by atoms with van der Waals surface area (Å²) in [4.78, 5) is 43.6. The van der Waals surface area contributed by atoms with Gasteiger partial charge in [-0.15, -0.1) is 0 Å². The van der Waals surface area contributed by atoms with Gasteiger partial charge < -0.3 is 15.5 Å². The van der Waals surface area contributed by atoms with Crippen LogP contribution >= 0.6 is 0 Å². The predicted octanol–water partition coefficient (Wildman–Crippen LogP) is 3.32. The smallest absolute Gasteiger partial charge is 0.416 e. The van der Waals surface area contributed by atoms with Crippen molar-refractivity contribution < 1.29 is 37.8 Å². The number of aromatic nitrogens is 1. The van der Waals surface area contributed by atoms with Gasteiger partial charge >= 0.3 is 18.1 Å². The lowest BCUT2D eigenvalue weighted by atomic mass is 9.87. The standard InChI is InChI=1S/C25H29F3N4O5/c26-25(27,28)17-8-10-18(11-9-17)30-22(33)14-32(16-24(36)37)21-7-2-1-6-20(21)31(15-23(34)35)13-19-5-3-4-12-29-19/h3-5,8-12,20-21H,1-2,6-7,13-16H2,(H,30,33)(H,34,35)(H,36,37). The quantitative estimate of drug-likeness (QED) is 0.411. The summed E-state index contributed by atoms with van der Waals surface area (Å²) in [5.74, 6) is -2.77. The van der Waals surface area contributed by atoms with Gasteiger partial charge in [-0.1, -0.05) is 18.9 Å². The monoisotopic (exact) mass is 522 g/mol. The van der Waals surface area contributed by atoms with Crippen molar-refractivity contribution in [1.82, 2.24) is 14.8 Å². The Balaban J connectivity index is 1.78. The molecule has 3 N–H and O–H groups in total. The molecular weight excluding hydrogens is 493 g/mol. The van der Waals surface area contributed by atoms with Gasteiger partial charge in [0, 0.05) is 30.5 Å². The van der Waals surface area contributed by atoms with E-state index in [9.17, 15) is 37.8 Å². The molecular formula is C25H29F3N4O5. The van der Waals surface area contributed by atoms with Crippen LogP contribution in [-0.4, -0.2) is 74.6 Å². The Kier molecular flexibility index (Phi) is 9.59.